The van der Waals surface area contributed by atoms with E-state index in [9.17, 15) is 4.79 Å². The van der Waals surface area contributed by atoms with E-state index in [-0.39, 0.29) is 5.78 Å². The summed E-state index contributed by atoms with van der Waals surface area (Å²) >= 11 is 0. The summed E-state index contributed by atoms with van der Waals surface area (Å²) in [5, 5.41) is 3.21. The minimum atomic E-state index is 0.221. The summed E-state index contributed by atoms with van der Waals surface area (Å²) in [5.41, 5.74) is 2.07. The maximum atomic E-state index is 10.9. The maximum absolute atomic E-state index is 10.9. The highest BCUT2D eigenvalue weighted by Crippen LogP contribution is 2.13. The summed E-state index contributed by atoms with van der Waals surface area (Å²) in [6.45, 7) is 3.94. The first kappa shape index (κ1) is 9.78. The molecule has 13 heavy (non-hydrogen) atoms. The maximum Gasteiger partial charge on any atom is 0.157 e. The fourth-order valence-electron chi connectivity index (χ4n) is 1.27. The van der Waals surface area contributed by atoms with Gasteiger partial charge in [0.15, 0.2) is 5.78 Å². The lowest BCUT2D eigenvalue weighted by molar-refractivity contribution is -0.114. The minimum absolute atomic E-state index is 0.221. The molecule has 0 heterocycles. The molecule has 0 aromatic heterocycles. The van der Waals surface area contributed by atoms with E-state index in [2.05, 4.69) is 5.32 Å². The molecular weight excluding hydrogens is 162 g/mol. The Labute approximate surface area is 79.0 Å². The van der Waals surface area contributed by atoms with E-state index in [0.717, 1.165) is 17.8 Å². The lowest BCUT2D eigenvalue weighted by Gasteiger charge is -2.06. The van der Waals surface area contributed by atoms with Crippen LogP contribution in [0.5, 0.6) is 0 Å². The van der Waals surface area contributed by atoms with Crippen molar-refractivity contribution >= 4 is 5.78 Å². The standard InChI is InChI=1S/C11H15NO/c1-3-5-9(4-2)12-10-6-7-11(13)8-10/h3-5,8,12H,6-7H2,1-2H3/b5-3-,9-4+. The number of rotatable bonds is 3. The third-order valence-electron chi connectivity index (χ3n) is 1.94. The smallest absolute Gasteiger partial charge is 0.157 e. The van der Waals surface area contributed by atoms with Gasteiger partial charge in [-0.3, -0.25) is 4.79 Å². The van der Waals surface area contributed by atoms with Gasteiger partial charge in [0.2, 0.25) is 0 Å². The average Bonchev–Trinajstić information content (AvgIpc) is 2.50. The molecular formula is C11H15NO. The van der Waals surface area contributed by atoms with Crippen molar-refractivity contribution in [2.75, 3.05) is 0 Å². The third kappa shape index (κ3) is 2.90. The zero-order chi connectivity index (χ0) is 9.68. The Bertz CT molecular complexity index is 284. The molecule has 1 N–H and O–H groups in total. The monoisotopic (exact) mass is 177 g/mol. The van der Waals surface area contributed by atoms with Crippen molar-refractivity contribution in [3.63, 3.8) is 0 Å². The number of allylic oxidation sites excluding steroid dienone is 5. The lowest BCUT2D eigenvalue weighted by Crippen LogP contribution is -2.09. The summed E-state index contributed by atoms with van der Waals surface area (Å²) in [5.74, 6) is 0.221. The zero-order valence-electron chi connectivity index (χ0n) is 8.13. The molecule has 2 nitrogen and oxygen atoms in total. The largest absolute Gasteiger partial charge is 0.359 e. The van der Waals surface area contributed by atoms with Crippen molar-refractivity contribution in [2.24, 2.45) is 0 Å². The molecule has 1 aliphatic rings. The van der Waals surface area contributed by atoms with Gasteiger partial charge in [-0.15, -0.1) is 0 Å². The van der Waals surface area contributed by atoms with E-state index in [4.69, 9.17) is 0 Å². The van der Waals surface area contributed by atoms with E-state index in [1.807, 2.05) is 32.1 Å². The van der Waals surface area contributed by atoms with Crippen LogP contribution in [0.3, 0.4) is 0 Å². The van der Waals surface area contributed by atoms with Crippen LogP contribution in [0.25, 0.3) is 0 Å². The molecule has 0 bridgehead atoms. The Morgan fingerprint density at radius 3 is 2.69 bits per heavy atom. The molecule has 0 aromatic carbocycles. The van der Waals surface area contributed by atoms with Gasteiger partial charge >= 0.3 is 0 Å². The Kier molecular flexibility index (Phi) is 3.50. The Hall–Kier alpha value is -1.31. The van der Waals surface area contributed by atoms with E-state index in [0.29, 0.717) is 6.42 Å². The fraction of sp³-hybridized carbons (Fsp3) is 0.364. The zero-order valence-corrected chi connectivity index (χ0v) is 8.13. The van der Waals surface area contributed by atoms with Crippen molar-refractivity contribution in [1.82, 2.24) is 5.32 Å². The molecule has 1 aliphatic carbocycles. The van der Waals surface area contributed by atoms with Gasteiger partial charge in [-0.25, -0.2) is 0 Å². The number of ketones is 1. The molecule has 0 saturated heterocycles. The SMILES string of the molecule is C/C=C\C(=C/C)NC1=CC(=O)CC1. The van der Waals surface area contributed by atoms with Crippen LogP contribution >= 0.6 is 0 Å². The van der Waals surface area contributed by atoms with Gasteiger partial charge in [-0.2, -0.15) is 0 Å². The van der Waals surface area contributed by atoms with Crippen molar-refractivity contribution in [3.8, 4) is 0 Å². The van der Waals surface area contributed by atoms with Crippen LogP contribution in [-0.2, 0) is 4.79 Å². The number of carbonyl (C=O) groups is 1. The number of hydrogen-bond donors (Lipinski definition) is 1. The van der Waals surface area contributed by atoms with Crippen molar-refractivity contribution in [2.45, 2.75) is 26.7 Å². The second-order valence-corrected chi connectivity index (χ2v) is 3.00. The van der Waals surface area contributed by atoms with Crippen LogP contribution in [0.1, 0.15) is 26.7 Å². The van der Waals surface area contributed by atoms with Crippen LogP contribution in [0.2, 0.25) is 0 Å². The molecule has 0 aliphatic heterocycles. The van der Waals surface area contributed by atoms with Crippen molar-refractivity contribution in [3.05, 3.63) is 35.7 Å². The normalized spacial score (nSPS) is 18.2. The van der Waals surface area contributed by atoms with Gasteiger partial charge in [0.25, 0.3) is 0 Å². The summed E-state index contributed by atoms with van der Waals surface area (Å²) in [7, 11) is 0. The van der Waals surface area contributed by atoms with Gasteiger partial charge in [0.05, 0.1) is 0 Å². The van der Waals surface area contributed by atoms with Gasteiger partial charge in [0, 0.05) is 23.9 Å². The quantitative estimate of drug-likeness (QED) is 0.670. The molecule has 0 unspecified atom stereocenters. The Morgan fingerprint density at radius 1 is 1.46 bits per heavy atom. The third-order valence-corrected chi connectivity index (χ3v) is 1.94. The average molecular weight is 177 g/mol. The molecule has 0 saturated carbocycles. The second kappa shape index (κ2) is 4.65. The van der Waals surface area contributed by atoms with Gasteiger partial charge < -0.3 is 5.32 Å². The highest BCUT2D eigenvalue weighted by Gasteiger charge is 2.11. The van der Waals surface area contributed by atoms with E-state index >= 15 is 0 Å². The number of hydrogen-bond acceptors (Lipinski definition) is 2. The predicted molar refractivity (Wildman–Crippen MR) is 54.0 cm³/mol. The predicted octanol–water partition coefficient (Wildman–Crippen LogP) is 2.30. The number of carbonyl (C=O) groups excluding carboxylic acids is 1. The molecule has 0 fully saturated rings. The van der Waals surface area contributed by atoms with Gasteiger partial charge in [-0.05, 0) is 26.3 Å². The van der Waals surface area contributed by atoms with E-state index in [1.54, 1.807) is 6.08 Å². The first-order valence-electron chi connectivity index (χ1n) is 4.55. The summed E-state index contributed by atoms with van der Waals surface area (Å²) in [4.78, 5) is 10.9. The van der Waals surface area contributed by atoms with Gasteiger partial charge in [0.1, 0.15) is 0 Å². The van der Waals surface area contributed by atoms with Crippen LogP contribution < -0.4 is 5.32 Å². The number of nitrogens with one attached hydrogen (secondary N) is 1. The molecule has 0 spiro atoms. The van der Waals surface area contributed by atoms with Crippen molar-refractivity contribution < 1.29 is 4.79 Å². The summed E-state index contributed by atoms with van der Waals surface area (Å²) in [6.07, 6.45) is 9.13. The van der Waals surface area contributed by atoms with E-state index in [1.165, 1.54) is 0 Å². The minimum Gasteiger partial charge on any atom is -0.359 e. The molecule has 0 atom stereocenters. The second-order valence-electron chi connectivity index (χ2n) is 3.00. The highest BCUT2D eigenvalue weighted by molar-refractivity contribution is 5.92. The highest BCUT2D eigenvalue weighted by atomic mass is 16.1. The molecule has 70 valence electrons. The van der Waals surface area contributed by atoms with Crippen LogP contribution in [-0.4, -0.2) is 5.78 Å². The lowest BCUT2D eigenvalue weighted by atomic mass is 10.3. The molecule has 0 radical (unpaired) electrons. The van der Waals surface area contributed by atoms with Crippen LogP contribution in [0.15, 0.2) is 35.7 Å². The molecule has 0 aromatic rings. The molecule has 1 rings (SSSR count). The Balaban J connectivity index is 2.57. The van der Waals surface area contributed by atoms with Gasteiger partial charge in [-0.1, -0.05) is 12.2 Å². The first-order chi connectivity index (χ1) is 6.26. The fourth-order valence-corrected chi connectivity index (χ4v) is 1.27. The molecule has 0 amide bonds. The van der Waals surface area contributed by atoms with Crippen LogP contribution in [0.4, 0.5) is 0 Å². The van der Waals surface area contributed by atoms with Crippen LogP contribution in [0, 0.1) is 0 Å². The van der Waals surface area contributed by atoms with E-state index < -0.39 is 0 Å². The molecule has 2 heteroatoms. The topological polar surface area (TPSA) is 29.1 Å². The summed E-state index contributed by atoms with van der Waals surface area (Å²) in [6, 6.07) is 0. The summed E-state index contributed by atoms with van der Waals surface area (Å²) < 4.78 is 0. The first-order valence-corrected chi connectivity index (χ1v) is 4.55. The Morgan fingerprint density at radius 2 is 2.23 bits per heavy atom. The van der Waals surface area contributed by atoms with Crippen molar-refractivity contribution in [1.29, 1.82) is 0 Å².